The molecule has 0 bridgehead atoms. The van der Waals surface area contributed by atoms with Crippen molar-refractivity contribution < 1.29 is 13.0 Å². The SMILES string of the molecule is CC(CS(=O)(=O)O)C(C)(C)C. The van der Waals surface area contributed by atoms with Gasteiger partial charge in [0.25, 0.3) is 10.1 Å². The average Bonchev–Trinajstić information content (AvgIpc) is 1.56. The second-order valence-corrected chi connectivity index (χ2v) is 5.51. The summed E-state index contributed by atoms with van der Waals surface area (Å²) in [6, 6.07) is 0. The largest absolute Gasteiger partial charge is 0.286 e. The molecule has 0 aromatic heterocycles. The van der Waals surface area contributed by atoms with Gasteiger partial charge in [-0.3, -0.25) is 4.55 Å². The maximum absolute atomic E-state index is 10.4. The second kappa shape index (κ2) is 3.11. The predicted molar refractivity (Wildman–Crippen MR) is 45.0 cm³/mol. The minimum absolute atomic E-state index is 0.0301. The van der Waals surface area contributed by atoms with E-state index in [0.717, 1.165) is 0 Å². The lowest BCUT2D eigenvalue weighted by atomic mass is 9.83. The molecule has 0 radical (unpaired) electrons. The number of rotatable bonds is 2. The Bertz CT molecular complexity index is 210. The first kappa shape index (κ1) is 10.9. The fourth-order valence-electron chi connectivity index (χ4n) is 0.566. The van der Waals surface area contributed by atoms with Gasteiger partial charge in [-0.1, -0.05) is 27.7 Å². The number of hydrogen-bond acceptors (Lipinski definition) is 2. The van der Waals surface area contributed by atoms with E-state index in [0.29, 0.717) is 0 Å². The van der Waals surface area contributed by atoms with Gasteiger partial charge in [0.2, 0.25) is 0 Å². The van der Waals surface area contributed by atoms with Crippen LogP contribution in [0.3, 0.4) is 0 Å². The van der Waals surface area contributed by atoms with E-state index in [2.05, 4.69) is 0 Å². The molecule has 0 saturated heterocycles. The van der Waals surface area contributed by atoms with Gasteiger partial charge in [-0.05, 0) is 11.3 Å². The standard InChI is InChI=1S/C7H16O3S/c1-6(7(2,3)4)5-11(8,9)10/h6H,5H2,1-4H3,(H,8,9,10). The van der Waals surface area contributed by atoms with Crippen molar-refractivity contribution in [1.29, 1.82) is 0 Å². The summed E-state index contributed by atoms with van der Waals surface area (Å²) in [5, 5.41) is 0. The van der Waals surface area contributed by atoms with Gasteiger partial charge < -0.3 is 0 Å². The fraction of sp³-hybridized carbons (Fsp3) is 1.00. The van der Waals surface area contributed by atoms with Gasteiger partial charge in [0.05, 0.1) is 5.75 Å². The van der Waals surface area contributed by atoms with Crippen LogP contribution in [0.15, 0.2) is 0 Å². The van der Waals surface area contributed by atoms with Crippen LogP contribution >= 0.6 is 0 Å². The Hall–Kier alpha value is -0.0900. The summed E-state index contributed by atoms with van der Waals surface area (Å²) in [6.45, 7) is 7.66. The van der Waals surface area contributed by atoms with E-state index >= 15 is 0 Å². The molecule has 3 nitrogen and oxygen atoms in total. The van der Waals surface area contributed by atoms with Crippen LogP contribution in [0.4, 0.5) is 0 Å². The molecule has 0 aliphatic carbocycles. The summed E-state index contributed by atoms with van der Waals surface area (Å²) >= 11 is 0. The zero-order chi connectivity index (χ0) is 9.28. The molecule has 0 saturated carbocycles. The first-order valence-electron chi connectivity index (χ1n) is 3.58. The zero-order valence-electron chi connectivity index (χ0n) is 7.46. The van der Waals surface area contributed by atoms with E-state index < -0.39 is 10.1 Å². The summed E-state index contributed by atoms with van der Waals surface area (Å²) in [7, 11) is -3.81. The highest BCUT2D eigenvalue weighted by molar-refractivity contribution is 7.85. The smallest absolute Gasteiger partial charge is 0.265 e. The molecule has 0 fully saturated rings. The van der Waals surface area contributed by atoms with Crippen molar-refractivity contribution >= 4 is 10.1 Å². The van der Waals surface area contributed by atoms with Gasteiger partial charge in [0.15, 0.2) is 0 Å². The van der Waals surface area contributed by atoms with Crippen LogP contribution in [0, 0.1) is 11.3 Å². The quantitative estimate of drug-likeness (QED) is 0.656. The van der Waals surface area contributed by atoms with E-state index in [1.807, 2.05) is 27.7 Å². The third kappa shape index (κ3) is 5.21. The minimum Gasteiger partial charge on any atom is -0.286 e. The van der Waals surface area contributed by atoms with Crippen LogP contribution in [0.1, 0.15) is 27.7 Å². The predicted octanol–water partition coefficient (Wildman–Crippen LogP) is 1.56. The first-order chi connectivity index (χ1) is 4.63. The fourth-order valence-corrected chi connectivity index (χ4v) is 1.70. The Balaban J connectivity index is 4.21. The van der Waals surface area contributed by atoms with Crippen LogP contribution in [0.25, 0.3) is 0 Å². The molecule has 0 spiro atoms. The molecule has 68 valence electrons. The molecule has 0 aromatic rings. The Morgan fingerprint density at radius 1 is 1.36 bits per heavy atom. The van der Waals surface area contributed by atoms with E-state index in [9.17, 15) is 8.42 Å². The van der Waals surface area contributed by atoms with Gasteiger partial charge >= 0.3 is 0 Å². The lowest BCUT2D eigenvalue weighted by Gasteiger charge is -2.25. The highest BCUT2D eigenvalue weighted by Crippen LogP contribution is 2.25. The van der Waals surface area contributed by atoms with E-state index in [4.69, 9.17) is 4.55 Å². The minimum atomic E-state index is -3.81. The van der Waals surface area contributed by atoms with Gasteiger partial charge in [0.1, 0.15) is 0 Å². The van der Waals surface area contributed by atoms with Crippen LogP contribution in [0.2, 0.25) is 0 Å². The monoisotopic (exact) mass is 180 g/mol. The summed E-state index contributed by atoms with van der Waals surface area (Å²) in [5.74, 6) is -0.186. The second-order valence-electron chi connectivity index (χ2n) is 4.02. The molecule has 0 amide bonds. The Labute approximate surface area is 68.6 Å². The molecule has 1 N–H and O–H groups in total. The Morgan fingerprint density at radius 3 is 1.82 bits per heavy atom. The number of hydrogen-bond donors (Lipinski definition) is 1. The summed E-state index contributed by atoms with van der Waals surface area (Å²) < 4.78 is 29.4. The van der Waals surface area contributed by atoms with Crippen molar-refractivity contribution in [1.82, 2.24) is 0 Å². The molecular formula is C7H16O3S. The molecule has 0 heterocycles. The van der Waals surface area contributed by atoms with Gasteiger partial charge in [-0.25, -0.2) is 0 Å². The highest BCUT2D eigenvalue weighted by Gasteiger charge is 2.24. The first-order valence-corrected chi connectivity index (χ1v) is 5.19. The van der Waals surface area contributed by atoms with Crippen LogP contribution in [-0.4, -0.2) is 18.7 Å². The van der Waals surface area contributed by atoms with Crippen LogP contribution < -0.4 is 0 Å². The molecule has 1 unspecified atom stereocenters. The Morgan fingerprint density at radius 2 is 1.73 bits per heavy atom. The van der Waals surface area contributed by atoms with Crippen molar-refractivity contribution in [2.75, 3.05) is 5.75 Å². The van der Waals surface area contributed by atoms with Crippen molar-refractivity contribution in [2.45, 2.75) is 27.7 Å². The van der Waals surface area contributed by atoms with Crippen molar-refractivity contribution in [3.63, 3.8) is 0 Å². The van der Waals surface area contributed by atoms with Crippen LogP contribution in [-0.2, 0) is 10.1 Å². The van der Waals surface area contributed by atoms with Crippen molar-refractivity contribution in [2.24, 2.45) is 11.3 Å². The highest BCUT2D eigenvalue weighted by atomic mass is 32.2. The van der Waals surface area contributed by atoms with Gasteiger partial charge in [-0.2, -0.15) is 8.42 Å². The van der Waals surface area contributed by atoms with Gasteiger partial charge in [-0.15, -0.1) is 0 Å². The van der Waals surface area contributed by atoms with Gasteiger partial charge in [0, 0.05) is 0 Å². The molecule has 0 aliphatic rings. The molecule has 0 rings (SSSR count). The van der Waals surface area contributed by atoms with E-state index in [-0.39, 0.29) is 17.1 Å². The summed E-state index contributed by atoms with van der Waals surface area (Å²) in [6.07, 6.45) is 0. The molecule has 0 aliphatic heterocycles. The summed E-state index contributed by atoms with van der Waals surface area (Å²) in [4.78, 5) is 0. The van der Waals surface area contributed by atoms with Crippen LogP contribution in [0.5, 0.6) is 0 Å². The topological polar surface area (TPSA) is 54.4 Å². The van der Waals surface area contributed by atoms with E-state index in [1.165, 1.54) is 0 Å². The van der Waals surface area contributed by atoms with E-state index in [1.54, 1.807) is 0 Å². The molecular weight excluding hydrogens is 164 g/mol. The third-order valence-corrected chi connectivity index (χ3v) is 2.86. The third-order valence-electron chi connectivity index (χ3n) is 1.94. The zero-order valence-corrected chi connectivity index (χ0v) is 8.27. The molecule has 0 aromatic carbocycles. The maximum atomic E-state index is 10.4. The summed E-state index contributed by atoms with van der Waals surface area (Å²) in [5.41, 5.74) is -0.0736. The Kier molecular flexibility index (Phi) is 3.08. The lowest BCUT2D eigenvalue weighted by molar-refractivity contribution is 0.280. The van der Waals surface area contributed by atoms with Crippen molar-refractivity contribution in [3.05, 3.63) is 0 Å². The average molecular weight is 180 g/mol. The molecule has 11 heavy (non-hydrogen) atoms. The molecule has 4 heteroatoms. The maximum Gasteiger partial charge on any atom is 0.265 e. The lowest BCUT2D eigenvalue weighted by Crippen LogP contribution is -2.25. The molecule has 1 atom stereocenters. The van der Waals surface area contributed by atoms with Crippen molar-refractivity contribution in [3.8, 4) is 0 Å². The normalized spacial score (nSPS) is 16.5.